The molecular weight excluding hydrogens is 230 g/mol. The molecule has 0 aliphatic rings. The van der Waals surface area contributed by atoms with Crippen molar-refractivity contribution in [1.29, 1.82) is 5.26 Å². The van der Waals surface area contributed by atoms with Crippen LogP contribution in [0.5, 0.6) is 0 Å². The summed E-state index contributed by atoms with van der Waals surface area (Å²) in [5, 5.41) is 20.6. The van der Waals surface area contributed by atoms with Crippen LogP contribution in [0.25, 0.3) is 0 Å². The van der Waals surface area contributed by atoms with Crippen molar-refractivity contribution in [3.05, 3.63) is 29.8 Å². The Morgan fingerprint density at radius 3 is 2.44 bits per heavy atom. The molecule has 1 rings (SSSR count). The van der Waals surface area contributed by atoms with Gasteiger partial charge in [-0.25, -0.2) is 4.79 Å². The van der Waals surface area contributed by atoms with E-state index >= 15 is 0 Å². The summed E-state index contributed by atoms with van der Waals surface area (Å²) >= 11 is 0. The summed E-state index contributed by atoms with van der Waals surface area (Å²) in [5.41, 5.74) is 0.521. The van der Waals surface area contributed by atoms with E-state index in [4.69, 9.17) is 5.26 Å². The summed E-state index contributed by atoms with van der Waals surface area (Å²) in [5.74, 6) is 0. The lowest BCUT2D eigenvalue weighted by atomic mass is 10.1. The highest BCUT2D eigenvalue weighted by Crippen LogP contribution is 2.14. The lowest BCUT2D eigenvalue weighted by Gasteiger charge is -2.33. The molecule has 2 amide bonds. The number of rotatable bonds is 3. The first-order valence-electron chi connectivity index (χ1n) is 5.56. The fourth-order valence-electron chi connectivity index (χ4n) is 1.22. The molecule has 18 heavy (non-hydrogen) atoms. The number of nitrogens with one attached hydrogen (secondary N) is 1. The number of carbonyl (C=O) groups excluding carboxylic acids is 1. The topological polar surface area (TPSA) is 76.4 Å². The number of nitrogens with zero attached hydrogens (tertiary/aromatic N) is 2. The van der Waals surface area contributed by atoms with Crippen LogP contribution in [0.4, 0.5) is 10.5 Å². The Bertz CT molecular complexity index is 460. The minimum Gasteiger partial charge on any atom is -0.394 e. The number of hydrogen-bond acceptors (Lipinski definition) is 3. The molecule has 0 aromatic heterocycles. The largest absolute Gasteiger partial charge is 0.394 e. The van der Waals surface area contributed by atoms with Gasteiger partial charge in [0.25, 0.3) is 0 Å². The molecule has 0 unspecified atom stereocenters. The van der Waals surface area contributed by atoms with Crippen molar-refractivity contribution >= 4 is 11.7 Å². The van der Waals surface area contributed by atoms with Crippen LogP contribution in [0.1, 0.15) is 19.4 Å². The van der Waals surface area contributed by atoms with Gasteiger partial charge in [-0.15, -0.1) is 0 Å². The highest BCUT2D eigenvalue weighted by molar-refractivity contribution is 5.89. The average Bonchev–Trinajstić information content (AvgIpc) is 2.38. The van der Waals surface area contributed by atoms with E-state index in [0.717, 1.165) is 0 Å². The van der Waals surface area contributed by atoms with Gasteiger partial charge < -0.3 is 15.3 Å². The molecule has 1 aromatic carbocycles. The molecule has 2 N–H and O–H groups in total. The third-order valence-electron chi connectivity index (χ3n) is 2.86. The Morgan fingerprint density at radius 2 is 2.00 bits per heavy atom. The Labute approximate surface area is 107 Å². The number of nitriles is 1. The van der Waals surface area contributed by atoms with Crippen molar-refractivity contribution in [2.45, 2.75) is 19.4 Å². The van der Waals surface area contributed by atoms with E-state index in [1.165, 1.54) is 4.90 Å². The Balaban J connectivity index is 2.73. The number of likely N-dealkylation sites (N-methyl/N-ethyl adjacent to an activating group) is 1. The molecule has 0 spiro atoms. The predicted octanol–water partition coefficient (Wildman–Crippen LogP) is 1.79. The molecule has 5 heteroatoms. The first-order chi connectivity index (χ1) is 8.40. The lowest BCUT2D eigenvalue weighted by Crippen LogP contribution is -2.49. The average molecular weight is 247 g/mol. The SMILES string of the molecule is CN(C(=O)Nc1ccc(C#N)cc1)C(C)(C)CO. The molecule has 96 valence electrons. The summed E-state index contributed by atoms with van der Waals surface area (Å²) < 4.78 is 0. The first kappa shape index (κ1) is 14.0. The van der Waals surface area contributed by atoms with Gasteiger partial charge in [-0.1, -0.05) is 0 Å². The van der Waals surface area contributed by atoms with Crippen LogP contribution in [0.3, 0.4) is 0 Å². The zero-order valence-corrected chi connectivity index (χ0v) is 10.8. The number of aliphatic hydroxyl groups excluding tert-OH is 1. The molecule has 0 saturated heterocycles. The van der Waals surface area contributed by atoms with Gasteiger partial charge in [-0.05, 0) is 38.1 Å². The number of hydrogen-bond donors (Lipinski definition) is 2. The van der Waals surface area contributed by atoms with Crippen molar-refractivity contribution in [1.82, 2.24) is 4.90 Å². The summed E-state index contributed by atoms with van der Waals surface area (Å²) in [6.07, 6.45) is 0. The maximum Gasteiger partial charge on any atom is 0.322 e. The lowest BCUT2D eigenvalue weighted by molar-refractivity contribution is 0.104. The van der Waals surface area contributed by atoms with Crippen LogP contribution in [-0.4, -0.2) is 35.2 Å². The first-order valence-corrected chi connectivity index (χ1v) is 5.56. The molecule has 0 atom stereocenters. The summed E-state index contributed by atoms with van der Waals surface area (Å²) in [6.45, 7) is 3.42. The van der Waals surface area contributed by atoms with E-state index < -0.39 is 5.54 Å². The molecule has 0 bridgehead atoms. The number of aliphatic hydroxyl groups is 1. The molecule has 0 aliphatic heterocycles. The van der Waals surface area contributed by atoms with E-state index in [0.29, 0.717) is 11.3 Å². The number of amides is 2. The van der Waals surface area contributed by atoms with Crippen molar-refractivity contribution < 1.29 is 9.90 Å². The van der Waals surface area contributed by atoms with Gasteiger partial charge in [0, 0.05) is 12.7 Å². The third-order valence-corrected chi connectivity index (χ3v) is 2.86. The van der Waals surface area contributed by atoms with E-state index in [-0.39, 0.29) is 12.6 Å². The third kappa shape index (κ3) is 3.22. The monoisotopic (exact) mass is 247 g/mol. The van der Waals surface area contributed by atoms with Crippen LogP contribution in [0, 0.1) is 11.3 Å². The fourth-order valence-corrected chi connectivity index (χ4v) is 1.22. The van der Waals surface area contributed by atoms with Gasteiger partial charge in [0.05, 0.1) is 23.8 Å². The Morgan fingerprint density at radius 1 is 1.44 bits per heavy atom. The molecule has 1 aromatic rings. The normalized spacial score (nSPS) is 10.6. The zero-order chi connectivity index (χ0) is 13.8. The zero-order valence-electron chi connectivity index (χ0n) is 10.8. The minimum atomic E-state index is -0.628. The fraction of sp³-hybridized carbons (Fsp3) is 0.385. The van der Waals surface area contributed by atoms with Crippen LogP contribution in [0.2, 0.25) is 0 Å². The van der Waals surface area contributed by atoms with Gasteiger partial charge >= 0.3 is 6.03 Å². The van der Waals surface area contributed by atoms with Gasteiger partial charge in [0.1, 0.15) is 0 Å². The quantitative estimate of drug-likeness (QED) is 0.855. The molecule has 0 radical (unpaired) electrons. The van der Waals surface area contributed by atoms with Crippen LogP contribution < -0.4 is 5.32 Å². The van der Waals surface area contributed by atoms with Crippen molar-refractivity contribution in [3.8, 4) is 6.07 Å². The molecule has 0 heterocycles. The maximum absolute atomic E-state index is 11.9. The van der Waals surface area contributed by atoms with Gasteiger partial charge in [0.2, 0.25) is 0 Å². The second kappa shape index (κ2) is 5.52. The number of urea groups is 1. The summed E-state index contributed by atoms with van der Waals surface area (Å²) in [4.78, 5) is 13.3. The smallest absolute Gasteiger partial charge is 0.322 e. The molecule has 0 fully saturated rings. The Kier molecular flexibility index (Phi) is 4.29. The van der Waals surface area contributed by atoms with Gasteiger partial charge in [0.15, 0.2) is 0 Å². The predicted molar refractivity (Wildman–Crippen MR) is 69.1 cm³/mol. The minimum absolute atomic E-state index is 0.121. The Hall–Kier alpha value is -2.06. The van der Waals surface area contributed by atoms with Crippen LogP contribution in [0.15, 0.2) is 24.3 Å². The van der Waals surface area contributed by atoms with Crippen molar-refractivity contribution in [3.63, 3.8) is 0 Å². The molecule has 5 nitrogen and oxygen atoms in total. The van der Waals surface area contributed by atoms with E-state index in [1.54, 1.807) is 45.2 Å². The van der Waals surface area contributed by atoms with Crippen LogP contribution in [-0.2, 0) is 0 Å². The highest BCUT2D eigenvalue weighted by Gasteiger charge is 2.26. The van der Waals surface area contributed by atoms with E-state index in [1.807, 2.05) is 6.07 Å². The highest BCUT2D eigenvalue weighted by atomic mass is 16.3. The second-order valence-corrected chi connectivity index (χ2v) is 4.65. The van der Waals surface area contributed by atoms with Crippen molar-refractivity contribution in [2.75, 3.05) is 19.0 Å². The van der Waals surface area contributed by atoms with Gasteiger partial charge in [-0.2, -0.15) is 5.26 Å². The summed E-state index contributed by atoms with van der Waals surface area (Å²) in [7, 11) is 1.62. The van der Waals surface area contributed by atoms with Crippen LogP contribution >= 0.6 is 0 Å². The van der Waals surface area contributed by atoms with Gasteiger partial charge in [-0.3, -0.25) is 0 Å². The molecule has 0 saturated carbocycles. The van der Waals surface area contributed by atoms with E-state index in [2.05, 4.69) is 5.32 Å². The number of carbonyl (C=O) groups is 1. The summed E-state index contributed by atoms with van der Waals surface area (Å²) in [6, 6.07) is 8.29. The maximum atomic E-state index is 11.9. The molecule has 0 aliphatic carbocycles. The number of anilines is 1. The number of benzene rings is 1. The van der Waals surface area contributed by atoms with Crippen molar-refractivity contribution in [2.24, 2.45) is 0 Å². The molecular formula is C13H17N3O2. The van der Waals surface area contributed by atoms with E-state index in [9.17, 15) is 9.90 Å². The second-order valence-electron chi connectivity index (χ2n) is 4.65. The standard InChI is InChI=1S/C13H17N3O2/c1-13(2,9-17)16(3)12(18)15-11-6-4-10(8-14)5-7-11/h4-7,17H,9H2,1-3H3,(H,15,18).